The fourth-order valence-corrected chi connectivity index (χ4v) is 4.57. The van der Waals surface area contributed by atoms with E-state index in [0.717, 1.165) is 17.0 Å². The number of likely N-dealkylation sites (N-methyl/N-ethyl adjacent to an activating group) is 1. The molecule has 0 radical (unpaired) electrons. The minimum absolute atomic E-state index is 0.0218. The van der Waals surface area contributed by atoms with Crippen molar-refractivity contribution in [3.8, 4) is 5.75 Å². The highest BCUT2D eigenvalue weighted by Gasteiger charge is 2.28. The average Bonchev–Trinajstić information content (AvgIpc) is 2.96. The van der Waals surface area contributed by atoms with Gasteiger partial charge >= 0.3 is 0 Å². The monoisotopic (exact) mass is 514 g/mol. The summed E-state index contributed by atoms with van der Waals surface area (Å²) in [7, 11) is 3.30. The second kappa shape index (κ2) is 12.1. The molecule has 1 saturated heterocycles. The maximum absolute atomic E-state index is 13.6. The summed E-state index contributed by atoms with van der Waals surface area (Å²) in [6.07, 6.45) is 0. The number of hydrogen-bond acceptors (Lipinski definition) is 6. The Balaban J connectivity index is 1.41. The number of para-hydroxylation sites is 2. The van der Waals surface area contributed by atoms with E-state index in [1.165, 1.54) is 4.90 Å². The van der Waals surface area contributed by atoms with Crippen molar-refractivity contribution in [2.45, 2.75) is 6.04 Å². The predicted molar refractivity (Wildman–Crippen MR) is 150 cm³/mol. The normalized spacial score (nSPS) is 13.9. The Kier molecular flexibility index (Phi) is 8.47. The van der Waals surface area contributed by atoms with Gasteiger partial charge in [-0.1, -0.05) is 54.6 Å². The van der Waals surface area contributed by atoms with Crippen LogP contribution >= 0.6 is 0 Å². The third kappa shape index (κ3) is 6.23. The number of amides is 2. The van der Waals surface area contributed by atoms with Gasteiger partial charge in [-0.15, -0.1) is 0 Å². The van der Waals surface area contributed by atoms with E-state index < -0.39 is 6.04 Å². The lowest BCUT2D eigenvalue weighted by molar-refractivity contribution is -0.140. The minimum Gasteiger partial charge on any atom is -0.495 e. The highest BCUT2D eigenvalue weighted by atomic mass is 16.5. The highest BCUT2D eigenvalue weighted by Crippen LogP contribution is 2.28. The molecule has 1 aliphatic heterocycles. The first-order chi connectivity index (χ1) is 18.4. The molecular formula is C29H34N6O3. The number of nitrogens with two attached hydrogens (primary N) is 1. The van der Waals surface area contributed by atoms with Crippen molar-refractivity contribution < 1.29 is 14.3 Å². The van der Waals surface area contributed by atoms with Crippen LogP contribution in [0.3, 0.4) is 0 Å². The molecule has 2 amide bonds. The molecular weight excluding hydrogens is 480 g/mol. The SMILES string of the molecule is COc1ccccc1N1CCN(C(=O)CN(C)C(=O)C(Nc2cccc(C(=N)N)c2)c2ccccc2)CC1. The van der Waals surface area contributed by atoms with Gasteiger partial charge < -0.3 is 30.5 Å². The molecule has 4 N–H and O–H groups in total. The van der Waals surface area contributed by atoms with Crippen molar-refractivity contribution in [2.75, 3.05) is 57.1 Å². The highest BCUT2D eigenvalue weighted by molar-refractivity contribution is 5.96. The Labute approximate surface area is 223 Å². The molecule has 3 aromatic carbocycles. The minimum atomic E-state index is -0.710. The number of nitrogens with one attached hydrogen (secondary N) is 2. The van der Waals surface area contributed by atoms with Crippen LogP contribution in [0.2, 0.25) is 0 Å². The van der Waals surface area contributed by atoms with Crippen molar-refractivity contribution in [2.24, 2.45) is 5.73 Å². The summed E-state index contributed by atoms with van der Waals surface area (Å²) in [5.41, 5.74) is 8.65. The number of methoxy groups -OCH3 is 1. The number of piperazine rings is 1. The molecule has 1 atom stereocenters. The summed E-state index contributed by atoms with van der Waals surface area (Å²) in [6.45, 7) is 2.48. The van der Waals surface area contributed by atoms with E-state index >= 15 is 0 Å². The van der Waals surface area contributed by atoms with Gasteiger partial charge in [-0.25, -0.2) is 0 Å². The Morgan fingerprint density at radius 1 is 1.00 bits per heavy atom. The van der Waals surface area contributed by atoms with Crippen LogP contribution in [0.25, 0.3) is 0 Å². The van der Waals surface area contributed by atoms with Crippen LogP contribution in [0.5, 0.6) is 5.75 Å². The number of nitrogen functional groups attached to an aromatic ring is 1. The summed E-state index contributed by atoms with van der Waals surface area (Å²) < 4.78 is 5.48. The van der Waals surface area contributed by atoms with Gasteiger partial charge in [-0.05, 0) is 29.8 Å². The van der Waals surface area contributed by atoms with Gasteiger partial charge in [0.1, 0.15) is 17.6 Å². The molecule has 1 aliphatic rings. The van der Waals surface area contributed by atoms with E-state index in [1.54, 1.807) is 37.3 Å². The molecule has 4 rings (SSSR count). The molecule has 0 bridgehead atoms. The largest absolute Gasteiger partial charge is 0.495 e. The molecule has 198 valence electrons. The van der Waals surface area contributed by atoms with Crippen molar-refractivity contribution in [3.63, 3.8) is 0 Å². The van der Waals surface area contributed by atoms with Gasteiger partial charge in [-0.3, -0.25) is 15.0 Å². The van der Waals surface area contributed by atoms with Gasteiger partial charge in [0, 0.05) is 44.5 Å². The van der Waals surface area contributed by atoms with E-state index in [4.69, 9.17) is 15.9 Å². The Morgan fingerprint density at radius 3 is 2.37 bits per heavy atom. The molecule has 38 heavy (non-hydrogen) atoms. The van der Waals surface area contributed by atoms with E-state index in [2.05, 4.69) is 10.2 Å². The first-order valence-corrected chi connectivity index (χ1v) is 12.5. The average molecular weight is 515 g/mol. The quantitative estimate of drug-likeness (QED) is 0.299. The number of ether oxygens (including phenoxy) is 1. The third-order valence-corrected chi connectivity index (χ3v) is 6.67. The van der Waals surface area contributed by atoms with Crippen LogP contribution in [0.1, 0.15) is 17.2 Å². The topological polar surface area (TPSA) is 115 Å². The zero-order valence-electron chi connectivity index (χ0n) is 21.8. The summed E-state index contributed by atoms with van der Waals surface area (Å²) in [5.74, 6) is 0.437. The molecule has 0 aromatic heterocycles. The summed E-state index contributed by atoms with van der Waals surface area (Å²) >= 11 is 0. The van der Waals surface area contributed by atoms with Gasteiger partial charge in [-0.2, -0.15) is 0 Å². The van der Waals surface area contributed by atoms with Crippen molar-refractivity contribution in [1.82, 2.24) is 9.80 Å². The first kappa shape index (κ1) is 26.5. The number of anilines is 2. The van der Waals surface area contributed by atoms with E-state index in [-0.39, 0.29) is 24.2 Å². The number of carbonyl (C=O) groups is 2. The van der Waals surface area contributed by atoms with Crippen molar-refractivity contribution >= 4 is 29.0 Å². The number of rotatable bonds is 9. The molecule has 1 fully saturated rings. The van der Waals surface area contributed by atoms with Crippen molar-refractivity contribution in [1.29, 1.82) is 5.41 Å². The Hall–Kier alpha value is -4.53. The number of amidine groups is 1. The second-order valence-electron chi connectivity index (χ2n) is 9.22. The van der Waals surface area contributed by atoms with Crippen LogP contribution < -0.4 is 20.7 Å². The summed E-state index contributed by atoms with van der Waals surface area (Å²) in [4.78, 5) is 32.2. The van der Waals surface area contributed by atoms with Crippen LogP contribution in [-0.2, 0) is 9.59 Å². The molecule has 0 aliphatic carbocycles. The summed E-state index contributed by atoms with van der Waals surface area (Å²) in [6, 6.07) is 23.6. The summed E-state index contributed by atoms with van der Waals surface area (Å²) in [5, 5.41) is 11.0. The Bertz CT molecular complexity index is 1270. The number of hydrogen-bond donors (Lipinski definition) is 3. The van der Waals surface area contributed by atoms with E-state index in [1.807, 2.05) is 60.7 Å². The molecule has 1 heterocycles. The maximum atomic E-state index is 13.6. The van der Waals surface area contributed by atoms with Crippen LogP contribution in [0.4, 0.5) is 11.4 Å². The molecule has 0 spiro atoms. The molecule has 0 saturated carbocycles. The van der Waals surface area contributed by atoms with Crippen LogP contribution in [0, 0.1) is 5.41 Å². The van der Waals surface area contributed by atoms with Gasteiger partial charge in [0.25, 0.3) is 0 Å². The van der Waals surface area contributed by atoms with Crippen molar-refractivity contribution in [3.05, 3.63) is 90.0 Å². The van der Waals surface area contributed by atoms with Gasteiger partial charge in [0.15, 0.2) is 0 Å². The number of nitrogens with zero attached hydrogens (tertiary/aromatic N) is 3. The molecule has 3 aromatic rings. The smallest absolute Gasteiger partial charge is 0.249 e. The van der Waals surface area contributed by atoms with Crippen LogP contribution in [-0.4, -0.2) is 74.3 Å². The standard InChI is InChI=1S/C29H34N6O3/c1-33(20-26(36)35-17-15-34(16-18-35)24-13-6-7-14-25(24)38-2)29(37)27(21-9-4-3-5-10-21)32-23-12-8-11-22(19-23)28(30)31/h3-14,19,27,32H,15-18,20H2,1-2H3,(H3,30,31). The van der Waals surface area contributed by atoms with Gasteiger partial charge in [0.05, 0.1) is 19.3 Å². The third-order valence-electron chi connectivity index (χ3n) is 6.67. The number of carbonyl (C=O) groups excluding carboxylic acids is 2. The van der Waals surface area contributed by atoms with Crippen LogP contribution in [0.15, 0.2) is 78.9 Å². The Morgan fingerprint density at radius 2 is 1.68 bits per heavy atom. The lowest BCUT2D eigenvalue weighted by atomic mass is 10.0. The molecule has 9 heteroatoms. The predicted octanol–water partition coefficient (Wildman–Crippen LogP) is 2.94. The fourth-order valence-electron chi connectivity index (χ4n) is 4.57. The molecule has 1 unspecified atom stereocenters. The first-order valence-electron chi connectivity index (χ1n) is 12.5. The zero-order chi connectivity index (χ0) is 27.1. The van der Waals surface area contributed by atoms with Gasteiger partial charge in [0.2, 0.25) is 11.8 Å². The lowest BCUT2D eigenvalue weighted by Gasteiger charge is -2.37. The zero-order valence-corrected chi connectivity index (χ0v) is 21.8. The molecule has 9 nitrogen and oxygen atoms in total. The number of benzene rings is 3. The van der Waals surface area contributed by atoms with E-state index in [9.17, 15) is 9.59 Å². The second-order valence-corrected chi connectivity index (χ2v) is 9.22. The van der Waals surface area contributed by atoms with E-state index in [0.29, 0.717) is 37.4 Å². The lowest BCUT2D eigenvalue weighted by Crippen LogP contribution is -2.52. The maximum Gasteiger partial charge on any atom is 0.249 e. The fraction of sp³-hybridized carbons (Fsp3) is 0.276.